The lowest BCUT2D eigenvalue weighted by atomic mass is 9.98. The summed E-state index contributed by atoms with van der Waals surface area (Å²) in [6.45, 7) is 0.295. The van der Waals surface area contributed by atoms with Gasteiger partial charge >= 0.3 is 5.97 Å². The molecule has 1 N–H and O–H groups in total. The molecule has 38 heavy (non-hydrogen) atoms. The van der Waals surface area contributed by atoms with Crippen molar-refractivity contribution in [2.24, 2.45) is 0 Å². The van der Waals surface area contributed by atoms with Crippen molar-refractivity contribution in [1.82, 2.24) is 24.8 Å². The summed E-state index contributed by atoms with van der Waals surface area (Å²) in [6.07, 6.45) is -1.06. The predicted octanol–water partition coefficient (Wildman–Crippen LogP) is 3.88. The highest BCUT2D eigenvalue weighted by Crippen LogP contribution is 2.46. The molecular weight excluding hydrogens is 512 g/mol. The molecule has 0 amide bonds. The minimum Gasteiger partial charge on any atom is -0.493 e. The minimum atomic E-state index is -1.04. The summed E-state index contributed by atoms with van der Waals surface area (Å²) in [5, 5.41) is 31.4. The van der Waals surface area contributed by atoms with E-state index in [9.17, 15) is 10.1 Å². The van der Waals surface area contributed by atoms with E-state index in [0.29, 0.717) is 35.2 Å². The fraction of sp³-hybridized carbons (Fsp3) is 0.269. The Kier molecular flexibility index (Phi) is 7.00. The molecule has 1 aliphatic rings. The lowest BCUT2D eigenvalue weighted by molar-refractivity contribution is -0.136. The van der Waals surface area contributed by atoms with Gasteiger partial charge in [-0.1, -0.05) is 23.7 Å². The van der Waals surface area contributed by atoms with Crippen LogP contribution in [0, 0.1) is 11.3 Å². The van der Waals surface area contributed by atoms with Gasteiger partial charge in [-0.05, 0) is 41.6 Å². The number of methoxy groups -OCH3 is 2. The van der Waals surface area contributed by atoms with Gasteiger partial charge in [0.15, 0.2) is 17.3 Å². The van der Waals surface area contributed by atoms with Gasteiger partial charge in [-0.25, -0.2) is 0 Å². The van der Waals surface area contributed by atoms with Crippen molar-refractivity contribution < 1.29 is 24.1 Å². The molecule has 12 heteroatoms. The molecular formula is C26H23ClN6O5. The van der Waals surface area contributed by atoms with E-state index in [1.807, 2.05) is 34.9 Å². The molecule has 0 bridgehead atoms. The largest absolute Gasteiger partial charge is 0.493 e. The number of aromatic nitrogens is 5. The van der Waals surface area contributed by atoms with Crippen LogP contribution in [0.3, 0.4) is 0 Å². The van der Waals surface area contributed by atoms with Crippen molar-refractivity contribution in [2.75, 3.05) is 14.2 Å². The van der Waals surface area contributed by atoms with Crippen LogP contribution in [-0.4, -0.2) is 50.1 Å². The summed E-state index contributed by atoms with van der Waals surface area (Å²) in [7, 11) is 3.13. The normalized spacial score (nSPS) is 16.2. The number of carboxylic acids is 1. The maximum Gasteiger partial charge on any atom is 0.311 e. The van der Waals surface area contributed by atoms with E-state index < -0.39 is 18.2 Å². The van der Waals surface area contributed by atoms with Crippen molar-refractivity contribution >= 4 is 17.6 Å². The third-order valence-corrected chi connectivity index (χ3v) is 6.51. The van der Waals surface area contributed by atoms with Crippen molar-refractivity contribution in [3.05, 3.63) is 81.9 Å². The number of nitrogens with zero attached hydrogens (tertiary/aromatic N) is 6. The van der Waals surface area contributed by atoms with Crippen LogP contribution in [0.5, 0.6) is 11.5 Å². The van der Waals surface area contributed by atoms with Crippen LogP contribution in [-0.2, 0) is 22.5 Å². The van der Waals surface area contributed by atoms with E-state index in [-0.39, 0.29) is 12.2 Å². The van der Waals surface area contributed by atoms with Crippen LogP contribution in [0.2, 0.25) is 5.02 Å². The molecule has 0 saturated heterocycles. The Bertz CT molecular complexity index is 1540. The average molecular weight is 535 g/mol. The SMILES string of the molecule is COc1cccc([C@H]2O[C@H](CCn3nnc(CC(=O)O)n3)c3ccc(C#N)n3-c3ccc(Cl)cc32)c1OC. The Balaban J connectivity index is 1.61. The maximum absolute atomic E-state index is 11.0. The minimum absolute atomic E-state index is 0.121. The van der Waals surface area contributed by atoms with Gasteiger partial charge in [0.25, 0.3) is 0 Å². The molecule has 194 valence electrons. The Labute approximate surface area is 222 Å². The summed E-state index contributed by atoms with van der Waals surface area (Å²) in [5.74, 6) is 0.154. The Morgan fingerprint density at radius 1 is 1.18 bits per heavy atom. The third kappa shape index (κ3) is 4.67. The van der Waals surface area contributed by atoms with E-state index in [1.165, 1.54) is 4.80 Å². The molecule has 3 heterocycles. The molecule has 0 fully saturated rings. The highest BCUT2D eigenvalue weighted by Gasteiger charge is 2.34. The summed E-state index contributed by atoms with van der Waals surface area (Å²) < 4.78 is 19.9. The van der Waals surface area contributed by atoms with E-state index in [1.54, 1.807) is 32.4 Å². The van der Waals surface area contributed by atoms with Gasteiger partial charge in [-0.3, -0.25) is 4.79 Å². The number of rotatable bonds is 8. The van der Waals surface area contributed by atoms with Gasteiger partial charge in [0.1, 0.15) is 30.4 Å². The van der Waals surface area contributed by atoms with Gasteiger partial charge in [-0.15, -0.1) is 10.2 Å². The van der Waals surface area contributed by atoms with Crippen LogP contribution < -0.4 is 9.47 Å². The standard InChI is InChI=1S/C26H23ClN6O5/c1-36-22-5-3-4-17(26(22)37-2)25-18-12-15(27)6-8-19(18)33-16(14-28)7-9-20(33)21(38-25)10-11-32-30-23(29-31-32)13-24(34)35/h3-9,12,21,25H,10-11,13H2,1-2H3,(H,34,35)/t21-,25-/m1/s1. The molecule has 0 spiro atoms. The monoisotopic (exact) mass is 534 g/mol. The van der Waals surface area contributed by atoms with Crippen molar-refractivity contribution in [1.29, 1.82) is 5.26 Å². The molecule has 0 radical (unpaired) electrons. The summed E-state index contributed by atoms with van der Waals surface area (Å²) in [4.78, 5) is 12.3. The summed E-state index contributed by atoms with van der Waals surface area (Å²) in [6, 6.07) is 16.9. The number of carboxylic acid groups (broad SMARTS) is 1. The number of hydrogen-bond donors (Lipinski definition) is 1. The number of aliphatic carboxylic acids is 1. The summed E-state index contributed by atoms with van der Waals surface area (Å²) >= 11 is 6.45. The smallest absolute Gasteiger partial charge is 0.311 e. The second kappa shape index (κ2) is 10.5. The molecule has 2 aromatic heterocycles. The number of benzene rings is 2. The Morgan fingerprint density at radius 3 is 2.76 bits per heavy atom. The van der Waals surface area contributed by atoms with Crippen LogP contribution in [0.25, 0.3) is 5.69 Å². The molecule has 0 aliphatic carbocycles. The number of carbonyl (C=O) groups is 1. The lowest BCUT2D eigenvalue weighted by Crippen LogP contribution is -2.15. The van der Waals surface area contributed by atoms with Gasteiger partial charge in [0.05, 0.1) is 32.1 Å². The lowest BCUT2D eigenvalue weighted by Gasteiger charge is -2.25. The number of ether oxygens (including phenoxy) is 3. The van der Waals surface area contributed by atoms with Crippen LogP contribution in [0.1, 0.15) is 47.0 Å². The maximum atomic E-state index is 11.0. The number of aryl methyl sites for hydroxylation is 1. The van der Waals surface area contributed by atoms with E-state index in [0.717, 1.165) is 22.5 Å². The Morgan fingerprint density at radius 2 is 2.03 bits per heavy atom. The molecule has 5 rings (SSSR count). The zero-order valence-electron chi connectivity index (χ0n) is 20.5. The molecule has 0 unspecified atom stereocenters. The second-order valence-corrected chi connectivity index (χ2v) is 8.98. The zero-order valence-corrected chi connectivity index (χ0v) is 21.3. The fourth-order valence-corrected chi connectivity index (χ4v) is 4.87. The summed E-state index contributed by atoms with van der Waals surface area (Å²) in [5.41, 5.74) is 3.44. The molecule has 4 aromatic rings. The first-order chi connectivity index (χ1) is 18.4. The molecule has 0 saturated carbocycles. The molecule has 2 aromatic carbocycles. The number of fused-ring (bicyclic) bond motifs is 3. The van der Waals surface area contributed by atoms with Crippen molar-refractivity contribution in [2.45, 2.75) is 31.6 Å². The molecule has 2 atom stereocenters. The predicted molar refractivity (Wildman–Crippen MR) is 134 cm³/mol. The highest BCUT2D eigenvalue weighted by molar-refractivity contribution is 6.30. The number of nitriles is 1. The third-order valence-electron chi connectivity index (χ3n) is 6.28. The van der Waals surface area contributed by atoms with Crippen molar-refractivity contribution in [3.8, 4) is 23.3 Å². The average Bonchev–Trinajstić information content (AvgIpc) is 3.51. The quantitative estimate of drug-likeness (QED) is 0.357. The van der Waals surface area contributed by atoms with Gasteiger partial charge < -0.3 is 23.9 Å². The second-order valence-electron chi connectivity index (χ2n) is 8.54. The first-order valence-electron chi connectivity index (χ1n) is 11.7. The topological polar surface area (TPSA) is 137 Å². The zero-order chi connectivity index (χ0) is 26.8. The number of tetrazole rings is 1. The fourth-order valence-electron chi connectivity index (χ4n) is 4.69. The first kappa shape index (κ1) is 25.3. The van der Waals surface area contributed by atoms with E-state index in [4.69, 9.17) is 30.9 Å². The van der Waals surface area contributed by atoms with Crippen molar-refractivity contribution in [3.63, 3.8) is 0 Å². The number of para-hydroxylation sites is 1. The first-order valence-corrected chi connectivity index (χ1v) is 12.1. The number of halogens is 1. The molecule has 11 nitrogen and oxygen atoms in total. The number of hydrogen-bond acceptors (Lipinski definition) is 8. The van der Waals surface area contributed by atoms with Gasteiger partial charge in [0.2, 0.25) is 0 Å². The molecule has 1 aliphatic heterocycles. The van der Waals surface area contributed by atoms with Gasteiger partial charge in [-0.2, -0.15) is 10.1 Å². The van der Waals surface area contributed by atoms with E-state index in [2.05, 4.69) is 21.5 Å². The van der Waals surface area contributed by atoms with Crippen LogP contribution in [0.15, 0.2) is 48.5 Å². The van der Waals surface area contributed by atoms with Crippen LogP contribution >= 0.6 is 11.6 Å². The van der Waals surface area contributed by atoms with Crippen LogP contribution in [0.4, 0.5) is 0 Å². The van der Waals surface area contributed by atoms with E-state index >= 15 is 0 Å². The highest BCUT2D eigenvalue weighted by atomic mass is 35.5. The Hall–Kier alpha value is -4.40. The van der Waals surface area contributed by atoms with Gasteiger partial charge in [0, 0.05) is 22.6 Å².